The molecule has 2 aliphatic rings. The van der Waals surface area contributed by atoms with Crippen LogP contribution < -0.4 is 4.90 Å². The quantitative estimate of drug-likeness (QED) is 0.741. The zero-order chi connectivity index (χ0) is 19.1. The summed E-state index contributed by atoms with van der Waals surface area (Å²) in [6, 6.07) is 6.85. The lowest BCUT2D eigenvalue weighted by Crippen LogP contribution is -2.69. The van der Waals surface area contributed by atoms with Crippen molar-refractivity contribution in [3.63, 3.8) is 0 Å². The van der Waals surface area contributed by atoms with Crippen LogP contribution in [0.3, 0.4) is 0 Å². The van der Waals surface area contributed by atoms with E-state index in [1.807, 2.05) is 13.8 Å². The van der Waals surface area contributed by atoms with Crippen LogP contribution in [0.25, 0.3) is 0 Å². The van der Waals surface area contributed by atoms with Crippen LogP contribution in [0, 0.1) is 5.92 Å². The first-order chi connectivity index (χ1) is 12.3. The number of hydrogen-bond donors (Lipinski definition) is 0. The molecule has 1 fully saturated rings. The summed E-state index contributed by atoms with van der Waals surface area (Å²) in [4.78, 5) is 41.9. The molecular formula is C19H21ClN2O4. The molecule has 0 aliphatic carbocycles. The summed E-state index contributed by atoms with van der Waals surface area (Å²) >= 11 is 5.73. The topological polar surface area (TPSA) is 66.9 Å². The highest BCUT2D eigenvalue weighted by Crippen LogP contribution is 2.45. The number of hydrogen-bond acceptors (Lipinski definition) is 4. The molecular weight excluding hydrogens is 356 g/mol. The van der Waals surface area contributed by atoms with Gasteiger partial charge in [-0.25, -0.2) is 4.79 Å². The fraction of sp³-hybridized carbons (Fsp3) is 0.421. The van der Waals surface area contributed by atoms with E-state index in [2.05, 4.69) is 6.58 Å². The normalized spacial score (nSPS) is 21.7. The van der Waals surface area contributed by atoms with Gasteiger partial charge in [0.2, 0.25) is 11.6 Å². The Morgan fingerprint density at radius 2 is 2.04 bits per heavy atom. The number of fused-ring (bicyclic) bond motifs is 3. The molecule has 2 heterocycles. The molecule has 138 valence electrons. The van der Waals surface area contributed by atoms with Crippen LogP contribution in [-0.2, 0) is 14.3 Å². The fourth-order valence-electron chi connectivity index (χ4n) is 3.63. The minimum atomic E-state index is -1.47. The lowest BCUT2D eigenvalue weighted by Gasteiger charge is -2.48. The van der Waals surface area contributed by atoms with Crippen LogP contribution in [0.4, 0.5) is 5.69 Å². The third kappa shape index (κ3) is 2.78. The van der Waals surface area contributed by atoms with Gasteiger partial charge in [-0.3, -0.25) is 14.5 Å². The lowest BCUT2D eigenvalue weighted by atomic mass is 9.95. The van der Waals surface area contributed by atoms with Gasteiger partial charge in [0.15, 0.2) is 0 Å². The highest BCUT2D eigenvalue weighted by Gasteiger charge is 2.61. The first-order valence-electron chi connectivity index (χ1n) is 8.53. The minimum absolute atomic E-state index is 0.106. The van der Waals surface area contributed by atoms with E-state index in [0.717, 1.165) is 0 Å². The fourth-order valence-corrected chi connectivity index (χ4v) is 3.68. The Morgan fingerprint density at radius 3 is 2.69 bits per heavy atom. The Labute approximate surface area is 157 Å². The number of amides is 2. The number of rotatable bonds is 5. The smallest absolute Gasteiger partial charge is 0.354 e. The highest BCUT2D eigenvalue weighted by atomic mass is 35.5. The standard InChI is InChI=1S/C19H21ClN2O4/c1-12(2)10-21-17(24)14-6-4-5-7-15(14)22-16(23)8-9-19(21,22)18(25)26-11-13(3)20/h4-7,12H,3,8-11H2,1-2H3. The van der Waals surface area contributed by atoms with Gasteiger partial charge in [-0.05, 0) is 18.1 Å². The van der Waals surface area contributed by atoms with Crippen LogP contribution in [0.1, 0.15) is 37.0 Å². The molecule has 1 aromatic rings. The van der Waals surface area contributed by atoms with Crippen LogP contribution >= 0.6 is 11.6 Å². The molecule has 1 unspecified atom stereocenters. The molecule has 3 rings (SSSR count). The molecule has 1 aromatic carbocycles. The van der Waals surface area contributed by atoms with Crippen molar-refractivity contribution in [2.75, 3.05) is 18.1 Å². The summed E-state index contributed by atoms with van der Waals surface area (Å²) in [7, 11) is 0. The van der Waals surface area contributed by atoms with Crippen LogP contribution in [0.2, 0.25) is 0 Å². The Kier molecular flexibility index (Phi) is 4.80. The van der Waals surface area contributed by atoms with E-state index in [0.29, 0.717) is 17.8 Å². The molecule has 0 aromatic heterocycles. The minimum Gasteiger partial charge on any atom is -0.457 e. The summed E-state index contributed by atoms with van der Waals surface area (Å²) in [6.45, 7) is 7.58. The highest BCUT2D eigenvalue weighted by molar-refractivity contribution is 6.29. The molecule has 0 bridgehead atoms. The van der Waals surface area contributed by atoms with Crippen molar-refractivity contribution in [1.82, 2.24) is 4.90 Å². The van der Waals surface area contributed by atoms with Gasteiger partial charge in [0.05, 0.1) is 11.3 Å². The maximum atomic E-state index is 13.2. The van der Waals surface area contributed by atoms with Crippen molar-refractivity contribution in [2.24, 2.45) is 5.92 Å². The number of anilines is 1. The van der Waals surface area contributed by atoms with Gasteiger partial charge in [-0.2, -0.15) is 0 Å². The van der Waals surface area contributed by atoms with Gasteiger partial charge in [-0.15, -0.1) is 0 Å². The molecule has 2 aliphatic heterocycles. The molecule has 1 saturated heterocycles. The summed E-state index contributed by atoms with van der Waals surface area (Å²) < 4.78 is 5.31. The van der Waals surface area contributed by atoms with Crippen LogP contribution in [0.5, 0.6) is 0 Å². The Morgan fingerprint density at radius 1 is 1.35 bits per heavy atom. The number of nitrogens with zero attached hydrogens (tertiary/aromatic N) is 2. The Bertz CT molecular complexity index is 791. The number of ether oxygens (including phenoxy) is 1. The Balaban J connectivity index is 2.16. The van der Waals surface area contributed by atoms with Gasteiger partial charge >= 0.3 is 5.97 Å². The summed E-state index contributed by atoms with van der Waals surface area (Å²) in [6.07, 6.45) is 0.347. The van der Waals surface area contributed by atoms with Crippen molar-refractivity contribution in [3.05, 3.63) is 41.4 Å². The van der Waals surface area contributed by atoms with E-state index in [1.165, 1.54) is 9.80 Å². The second-order valence-electron chi connectivity index (χ2n) is 6.97. The molecule has 0 saturated carbocycles. The lowest BCUT2D eigenvalue weighted by molar-refractivity contribution is -0.156. The molecule has 0 N–H and O–H groups in total. The number of carbonyl (C=O) groups is 3. The average molecular weight is 377 g/mol. The van der Waals surface area contributed by atoms with Crippen LogP contribution in [-0.4, -0.2) is 41.5 Å². The van der Waals surface area contributed by atoms with Gasteiger partial charge in [0.25, 0.3) is 5.91 Å². The van der Waals surface area contributed by atoms with Crippen molar-refractivity contribution in [2.45, 2.75) is 32.4 Å². The summed E-state index contributed by atoms with van der Waals surface area (Å²) in [5.41, 5.74) is -0.616. The van der Waals surface area contributed by atoms with Crippen molar-refractivity contribution < 1.29 is 19.1 Å². The van der Waals surface area contributed by atoms with Crippen molar-refractivity contribution >= 4 is 35.1 Å². The number of para-hydroxylation sites is 1. The van der Waals surface area contributed by atoms with Crippen molar-refractivity contribution in [1.29, 1.82) is 0 Å². The molecule has 6 nitrogen and oxygen atoms in total. The second kappa shape index (κ2) is 6.76. The number of benzene rings is 1. The molecule has 0 spiro atoms. The first kappa shape index (κ1) is 18.5. The van der Waals surface area contributed by atoms with Gasteiger partial charge in [0.1, 0.15) is 6.61 Å². The van der Waals surface area contributed by atoms with Gasteiger partial charge in [-0.1, -0.05) is 44.2 Å². The SMILES string of the molecule is C=C(Cl)COC(=O)C12CCC(=O)N1c1ccccc1C(=O)N2CC(C)C. The van der Waals surface area contributed by atoms with Crippen molar-refractivity contribution in [3.8, 4) is 0 Å². The van der Waals surface area contributed by atoms with E-state index < -0.39 is 11.6 Å². The third-order valence-corrected chi connectivity index (χ3v) is 4.72. The maximum Gasteiger partial charge on any atom is 0.354 e. The second-order valence-corrected chi connectivity index (χ2v) is 7.50. The van der Waals surface area contributed by atoms with E-state index in [9.17, 15) is 14.4 Å². The predicted molar refractivity (Wildman–Crippen MR) is 97.7 cm³/mol. The maximum absolute atomic E-state index is 13.2. The zero-order valence-electron chi connectivity index (χ0n) is 14.8. The van der Waals surface area contributed by atoms with Gasteiger partial charge < -0.3 is 9.64 Å². The van der Waals surface area contributed by atoms with Crippen LogP contribution in [0.15, 0.2) is 35.9 Å². The number of carbonyl (C=O) groups excluding carboxylic acids is 3. The van der Waals surface area contributed by atoms with E-state index >= 15 is 0 Å². The third-order valence-electron chi connectivity index (χ3n) is 4.61. The molecule has 1 atom stereocenters. The Hall–Kier alpha value is -2.34. The van der Waals surface area contributed by atoms with E-state index in [4.69, 9.17) is 16.3 Å². The number of esters is 1. The first-order valence-corrected chi connectivity index (χ1v) is 8.91. The molecule has 7 heteroatoms. The van der Waals surface area contributed by atoms with E-state index in [-0.39, 0.29) is 42.2 Å². The monoisotopic (exact) mass is 376 g/mol. The molecule has 2 amide bonds. The average Bonchev–Trinajstić information content (AvgIpc) is 2.95. The molecule has 0 radical (unpaired) electrons. The number of halogens is 1. The summed E-state index contributed by atoms with van der Waals surface area (Å²) in [5.74, 6) is -1.04. The summed E-state index contributed by atoms with van der Waals surface area (Å²) in [5, 5.41) is 0.170. The van der Waals surface area contributed by atoms with E-state index in [1.54, 1.807) is 24.3 Å². The molecule has 26 heavy (non-hydrogen) atoms. The zero-order valence-corrected chi connectivity index (χ0v) is 15.6. The van der Waals surface area contributed by atoms with Gasteiger partial charge in [0, 0.05) is 24.4 Å². The predicted octanol–water partition coefficient (Wildman–Crippen LogP) is 2.92. The largest absolute Gasteiger partial charge is 0.457 e.